The Balaban J connectivity index is 2.73. The molecule has 0 aromatic rings. The van der Waals surface area contributed by atoms with Crippen LogP contribution in [0.3, 0.4) is 0 Å². The number of carbonyl (C=O) groups is 2. The summed E-state index contributed by atoms with van der Waals surface area (Å²) in [7, 11) is 3.23. The van der Waals surface area contributed by atoms with Gasteiger partial charge in [-0.05, 0) is 5.92 Å². The maximum Gasteiger partial charge on any atom is 0.326 e. The Bertz CT molecular complexity index is 319. The van der Waals surface area contributed by atoms with E-state index in [1.165, 1.54) is 12.0 Å². The average Bonchev–Trinajstić information content (AvgIpc) is 2.71. The minimum Gasteiger partial charge on any atom is -0.480 e. The first-order valence-corrected chi connectivity index (χ1v) is 6.14. The maximum atomic E-state index is 12.2. The molecule has 104 valence electrons. The number of methoxy groups -OCH3 is 1. The first kappa shape index (κ1) is 14.8. The molecule has 1 rings (SSSR count). The van der Waals surface area contributed by atoms with Gasteiger partial charge in [-0.2, -0.15) is 0 Å². The van der Waals surface area contributed by atoms with Crippen molar-refractivity contribution >= 4 is 12.0 Å². The van der Waals surface area contributed by atoms with E-state index in [4.69, 9.17) is 9.84 Å². The van der Waals surface area contributed by atoms with E-state index < -0.39 is 12.0 Å². The van der Waals surface area contributed by atoms with Gasteiger partial charge in [-0.25, -0.2) is 9.59 Å². The number of urea groups is 1. The van der Waals surface area contributed by atoms with E-state index in [1.54, 1.807) is 11.9 Å². The summed E-state index contributed by atoms with van der Waals surface area (Å²) in [5.41, 5.74) is 0. The van der Waals surface area contributed by atoms with Gasteiger partial charge in [0.15, 0.2) is 0 Å². The second-order valence-electron chi connectivity index (χ2n) is 5.16. The topological polar surface area (TPSA) is 70.1 Å². The second-order valence-corrected chi connectivity index (χ2v) is 5.16. The van der Waals surface area contributed by atoms with Gasteiger partial charge in [0.25, 0.3) is 0 Å². The minimum absolute atomic E-state index is 0.192. The average molecular weight is 258 g/mol. The van der Waals surface area contributed by atoms with Crippen molar-refractivity contribution in [3.8, 4) is 0 Å². The summed E-state index contributed by atoms with van der Waals surface area (Å²) in [5, 5.41) is 9.14. The standard InChI is InChI=1S/C12H22N2O4/c1-8(2)6-13(3)12(17)14-7-9(18-4)5-10(14)11(15)16/h8-10H,5-7H2,1-4H3,(H,15,16). The number of hydrogen-bond donors (Lipinski definition) is 1. The van der Waals surface area contributed by atoms with Gasteiger partial charge in [0, 0.05) is 33.7 Å². The lowest BCUT2D eigenvalue weighted by molar-refractivity contribution is -0.141. The van der Waals surface area contributed by atoms with Crippen molar-refractivity contribution in [1.29, 1.82) is 0 Å². The van der Waals surface area contributed by atoms with E-state index >= 15 is 0 Å². The van der Waals surface area contributed by atoms with Crippen molar-refractivity contribution in [1.82, 2.24) is 9.80 Å². The SMILES string of the molecule is COC1CC(C(=O)O)N(C(=O)N(C)CC(C)C)C1. The Morgan fingerprint density at radius 3 is 2.56 bits per heavy atom. The Labute approximate surface area is 107 Å². The molecule has 18 heavy (non-hydrogen) atoms. The second kappa shape index (κ2) is 6.04. The first-order chi connectivity index (χ1) is 8.36. The van der Waals surface area contributed by atoms with Gasteiger partial charge >= 0.3 is 12.0 Å². The van der Waals surface area contributed by atoms with Crippen LogP contribution in [-0.2, 0) is 9.53 Å². The van der Waals surface area contributed by atoms with E-state index in [1.807, 2.05) is 13.8 Å². The quantitative estimate of drug-likeness (QED) is 0.812. The molecular weight excluding hydrogens is 236 g/mol. The molecule has 0 aromatic heterocycles. The third kappa shape index (κ3) is 3.35. The van der Waals surface area contributed by atoms with Gasteiger partial charge in [-0.1, -0.05) is 13.8 Å². The zero-order valence-corrected chi connectivity index (χ0v) is 11.4. The Kier molecular flexibility index (Phi) is 4.95. The summed E-state index contributed by atoms with van der Waals surface area (Å²) in [5.74, 6) is -0.621. The lowest BCUT2D eigenvalue weighted by Gasteiger charge is -2.28. The molecule has 0 bridgehead atoms. The third-order valence-electron chi connectivity index (χ3n) is 3.09. The molecule has 1 N–H and O–H groups in total. The monoisotopic (exact) mass is 258 g/mol. The highest BCUT2D eigenvalue weighted by Gasteiger charge is 2.40. The lowest BCUT2D eigenvalue weighted by Crippen LogP contribution is -2.47. The number of hydrogen-bond acceptors (Lipinski definition) is 3. The van der Waals surface area contributed by atoms with Crippen molar-refractivity contribution in [2.75, 3.05) is 27.2 Å². The molecule has 2 unspecified atom stereocenters. The number of carboxylic acid groups (broad SMARTS) is 1. The molecule has 1 aliphatic rings. The zero-order chi connectivity index (χ0) is 13.9. The molecule has 1 saturated heterocycles. The first-order valence-electron chi connectivity index (χ1n) is 6.14. The van der Waals surface area contributed by atoms with Gasteiger partial charge in [0.2, 0.25) is 0 Å². The molecule has 1 aliphatic heterocycles. The third-order valence-corrected chi connectivity index (χ3v) is 3.09. The minimum atomic E-state index is -0.971. The largest absolute Gasteiger partial charge is 0.480 e. The highest BCUT2D eigenvalue weighted by molar-refractivity contribution is 5.83. The number of ether oxygens (including phenoxy) is 1. The summed E-state index contributed by atoms with van der Waals surface area (Å²) < 4.78 is 5.16. The van der Waals surface area contributed by atoms with Crippen LogP contribution in [-0.4, -0.2) is 66.3 Å². The highest BCUT2D eigenvalue weighted by Crippen LogP contribution is 2.21. The van der Waals surface area contributed by atoms with E-state index in [0.717, 1.165) is 0 Å². The normalized spacial score (nSPS) is 23.5. The number of carbonyl (C=O) groups excluding carboxylic acids is 1. The van der Waals surface area contributed by atoms with Crippen molar-refractivity contribution in [2.24, 2.45) is 5.92 Å². The number of amides is 2. The number of carboxylic acids is 1. The molecule has 1 heterocycles. The van der Waals surface area contributed by atoms with Gasteiger partial charge in [-0.3, -0.25) is 0 Å². The summed E-state index contributed by atoms with van der Waals surface area (Å²) >= 11 is 0. The fraction of sp³-hybridized carbons (Fsp3) is 0.833. The summed E-state index contributed by atoms with van der Waals surface area (Å²) in [6, 6.07) is -1.02. The molecule has 0 radical (unpaired) electrons. The predicted molar refractivity (Wildman–Crippen MR) is 66.4 cm³/mol. The van der Waals surface area contributed by atoms with Crippen LogP contribution in [0, 0.1) is 5.92 Å². The van der Waals surface area contributed by atoms with Gasteiger partial charge in [-0.15, -0.1) is 0 Å². The highest BCUT2D eigenvalue weighted by atomic mass is 16.5. The Morgan fingerprint density at radius 1 is 1.50 bits per heavy atom. The van der Waals surface area contributed by atoms with Crippen LogP contribution in [0.2, 0.25) is 0 Å². The molecule has 1 fully saturated rings. The van der Waals surface area contributed by atoms with Crippen LogP contribution in [0.5, 0.6) is 0 Å². The smallest absolute Gasteiger partial charge is 0.326 e. The Morgan fingerprint density at radius 2 is 2.11 bits per heavy atom. The van der Waals surface area contributed by atoms with Crippen molar-refractivity contribution in [3.05, 3.63) is 0 Å². The van der Waals surface area contributed by atoms with Crippen molar-refractivity contribution in [3.63, 3.8) is 0 Å². The maximum absolute atomic E-state index is 12.2. The molecule has 0 spiro atoms. The molecule has 0 saturated carbocycles. The molecule has 2 atom stereocenters. The van der Waals surface area contributed by atoms with E-state index in [-0.39, 0.29) is 12.1 Å². The lowest BCUT2D eigenvalue weighted by atomic mass is 10.2. The van der Waals surface area contributed by atoms with E-state index in [0.29, 0.717) is 25.4 Å². The van der Waals surface area contributed by atoms with E-state index in [2.05, 4.69) is 0 Å². The number of nitrogens with zero attached hydrogens (tertiary/aromatic N) is 2. The molecule has 0 aliphatic carbocycles. The molecule has 0 aromatic carbocycles. The van der Waals surface area contributed by atoms with Crippen LogP contribution in [0.4, 0.5) is 4.79 Å². The summed E-state index contributed by atoms with van der Waals surface area (Å²) in [6.07, 6.45) is 0.162. The van der Waals surface area contributed by atoms with Crippen LogP contribution in [0.15, 0.2) is 0 Å². The molecular formula is C12H22N2O4. The van der Waals surface area contributed by atoms with Crippen LogP contribution in [0.25, 0.3) is 0 Å². The molecule has 2 amide bonds. The number of aliphatic carboxylic acids is 1. The van der Waals surface area contributed by atoms with Gasteiger partial charge in [0.05, 0.1) is 6.10 Å². The van der Waals surface area contributed by atoms with Crippen LogP contribution in [0.1, 0.15) is 20.3 Å². The molecule has 6 heteroatoms. The number of likely N-dealkylation sites (tertiary alicyclic amines) is 1. The summed E-state index contributed by atoms with van der Waals surface area (Å²) in [6.45, 7) is 4.98. The van der Waals surface area contributed by atoms with Crippen molar-refractivity contribution in [2.45, 2.75) is 32.4 Å². The zero-order valence-electron chi connectivity index (χ0n) is 11.4. The summed E-state index contributed by atoms with van der Waals surface area (Å²) in [4.78, 5) is 26.3. The number of rotatable bonds is 4. The fourth-order valence-electron chi connectivity index (χ4n) is 2.26. The van der Waals surface area contributed by atoms with Crippen LogP contribution < -0.4 is 0 Å². The fourth-order valence-corrected chi connectivity index (χ4v) is 2.26. The van der Waals surface area contributed by atoms with Gasteiger partial charge < -0.3 is 19.6 Å². The molecule has 6 nitrogen and oxygen atoms in total. The van der Waals surface area contributed by atoms with Gasteiger partial charge in [0.1, 0.15) is 6.04 Å². The van der Waals surface area contributed by atoms with Crippen molar-refractivity contribution < 1.29 is 19.4 Å². The Hall–Kier alpha value is -1.30. The predicted octanol–water partition coefficient (Wildman–Crippen LogP) is 0.868. The van der Waals surface area contributed by atoms with Crippen LogP contribution >= 0.6 is 0 Å². The van der Waals surface area contributed by atoms with E-state index in [9.17, 15) is 9.59 Å².